The van der Waals surface area contributed by atoms with Crippen molar-refractivity contribution in [1.29, 1.82) is 0 Å². The molecule has 0 radical (unpaired) electrons. The van der Waals surface area contributed by atoms with Crippen molar-refractivity contribution >= 4 is 30.7 Å². The Hall–Kier alpha value is -1.01. The zero-order chi connectivity index (χ0) is 14.7. The molecule has 1 amide bonds. The van der Waals surface area contributed by atoms with E-state index in [1.165, 1.54) is 0 Å². The Kier molecular flexibility index (Phi) is 8.12. The van der Waals surface area contributed by atoms with E-state index >= 15 is 0 Å². The van der Waals surface area contributed by atoms with E-state index < -0.39 is 0 Å². The van der Waals surface area contributed by atoms with E-state index in [1.807, 2.05) is 17.0 Å². The standard InChI is InChI=1S/C16H23N3O2.2ClH/c20-14-4-1-3-13(11-14)12-18-7-9-19(10-8-18)16(21)15-5-2-6-17-15;;/h1,3-4,11,15,17,20H,2,5-10,12H2;2*1H/t15-;;/m0../s1. The third kappa shape index (κ3) is 5.24. The van der Waals surface area contributed by atoms with Gasteiger partial charge >= 0.3 is 0 Å². The second kappa shape index (κ2) is 9.33. The van der Waals surface area contributed by atoms with Crippen LogP contribution in [0.5, 0.6) is 5.75 Å². The van der Waals surface area contributed by atoms with Gasteiger partial charge in [0.25, 0.3) is 0 Å². The number of carbonyl (C=O) groups excluding carboxylic acids is 1. The topological polar surface area (TPSA) is 55.8 Å². The maximum absolute atomic E-state index is 12.3. The summed E-state index contributed by atoms with van der Waals surface area (Å²) in [6, 6.07) is 7.44. The van der Waals surface area contributed by atoms with E-state index in [4.69, 9.17) is 0 Å². The lowest BCUT2D eigenvalue weighted by Gasteiger charge is -2.36. The van der Waals surface area contributed by atoms with Gasteiger partial charge in [0.15, 0.2) is 0 Å². The number of benzene rings is 1. The number of aromatic hydroxyl groups is 1. The predicted octanol–water partition coefficient (Wildman–Crippen LogP) is 1.63. The largest absolute Gasteiger partial charge is 0.508 e. The fourth-order valence-corrected chi connectivity index (χ4v) is 3.16. The Balaban J connectivity index is 0.00000132. The Labute approximate surface area is 149 Å². The maximum atomic E-state index is 12.3. The number of nitrogens with zero attached hydrogens (tertiary/aromatic N) is 2. The first-order valence-corrected chi connectivity index (χ1v) is 7.75. The summed E-state index contributed by atoms with van der Waals surface area (Å²) in [4.78, 5) is 16.6. The third-order valence-corrected chi connectivity index (χ3v) is 4.36. The first-order valence-electron chi connectivity index (χ1n) is 7.75. The van der Waals surface area contributed by atoms with Gasteiger partial charge in [0.1, 0.15) is 5.75 Å². The lowest BCUT2D eigenvalue weighted by atomic mass is 10.1. The van der Waals surface area contributed by atoms with Gasteiger partial charge in [0.2, 0.25) is 5.91 Å². The second-order valence-electron chi connectivity index (χ2n) is 5.92. The summed E-state index contributed by atoms with van der Waals surface area (Å²) in [7, 11) is 0. The minimum Gasteiger partial charge on any atom is -0.508 e. The van der Waals surface area contributed by atoms with E-state index in [0.717, 1.165) is 57.7 Å². The normalized spacial score (nSPS) is 21.4. The van der Waals surface area contributed by atoms with Gasteiger partial charge in [-0.2, -0.15) is 0 Å². The first kappa shape index (κ1) is 20.0. The maximum Gasteiger partial charge on any atom is 0.239 e. The van der Waals surface area contributed by atoms with Crippen LogP contribution in [-0.2, 0) is 11.3 Å². The lowest BCUT2D eigenvalue weighted by molar-refractivity contribution is -0.134. The average molecular weight is 362 g/mol. The first-order chi connectivity index (χ1) is 10.2. The van der Waals surface area contributed by atoms with Crippen LogP contribution in [0.25, 0.3) is 0 Å². The van der Waals surface area contributed by atoms with Gasteiger partial charge in [-0.15, -0.1) is 24.8 Å². The molecule has 5 nitrogen and oxygen atoms in total. The highest BCUT2D eigenvalue weighted by Crippen LogP contribution is 2.15. The number of nitrogens with one attached hydrogen (secondary N) is 1. The zero-order valence-electron chi connectivity index (χ0n) is 13.1. The van der Waals surface area contributed by atoms with Crippen molar-refractivity contribution in [3.63, 3.8) is 0 Å². The molecule has 2 aliphatic heterocycles. The molecular weight excluding hydrogens is 337 g/mol. The molecule has 7 heteroatoms. The molecule has 0 aliphatic carbocycles. The van der Waals surface area contributed by atoms with Crippen LogP contribution in [0.15, 0.2) is 24.3 Å². The van der Waals surface area contributed by atoms with Crippen LogP contribution < -0.4 is 5.32 Å². The second-order valence-corrected chi connectivity index (χ2v) is 5.92. The minimum atomic E-state index is 0. The minimum absolute atomic E-state index is 0. The molecular formula is C16H25Cl2N3O2. The number of halogens is 2. The Morgan fingerprint density at radius 3 is 2.57 bits per heavy atom. The van der Waals surface area contributed by atoms with Crippen molar-refractivity contribution in [2.45, 2.75) is 25.4 Å². The van der Waals surface area contributed by atoms with Gasteiger partial charge in [-0.3, -0.25) is 9.69 Å². The molecule has 2 heterocycles. The van der Waals surface area contributed by atoms with Gasteiger partial charge in [0, 0.05) is 32.7 Å². The van der Waals surface area contributed by atoms with Gasteiger partial charge in [-0.1, -0.05) is 12.1 Å². The van der Waals surface area contributed by atoms with Gasteiger partial charge < -0.3 is 15.3 Å². The molecule has 2 fully saturated rings. The molecule has 23 heavy (non-hydrogen) atoms. The van der Waals surface area contributed by atoms with E-state index in [0.29, 0.717) is 5.75 Å². The summed E-state index contributed by atoms with van der Waals surface area (Å²) >= 11 is 0. The molecule has 0 bridgehead atoms. The van der Waals surface area contributed by atoms with Crippen LogP contribution in [0, 0.1) is 0 Å². The molecule has 1 atom stereocenters. The number of amides is 1. The Bertz CT molecular complexity index is 502. The quantitative estimate of drug-likeness (QED) is 0.858. The SMILES string of the molecule is Cl.Cl.O=C([C@@H]1CCCN1)N1CCN(Cc2cccc(O)c2)CC1. The monoisotopic (exact) mass is 361 g/mol. The van der Waals surface area contributed by atoms with Crippen LogP contribution in [0.3, 0.4) is 0 Å². The van der Waals surface area contributed by atoms with Gasteiger partial charge in [-0.25, -0.2) is 0 Å². The van der Waals surface area contributed by atoms with E-state index in [9.17, 15) is 9.90 Å². The molecule has 1 aromatic carbocycles. The number of rotatable bonds is 3. The molecule has 2 N–H and O–H groups in total. The molecule has 1 aromatic rings. The van der Waals surface area contributed by atoms with Crippen LogP contribution in [0.2, 0.25) is 0 Å². The smallest absolute Gasteiger partial charge is 0.239 e. The van der Waals surface area contributed by atoms with Gasteiger partial charge in [-0.05, 0) is 37.1 Å². The van der Waals surface area contributed by atoms with Crippen molar-refractivity contribution in [3.05, 3.63) is 29.8 Å². The van der Waals surface area contributed by atoms with Crippen molar-refractivity contribution in [1.82, 2.24) is 15.1 Å². The number of hydrogen-bond acceptors (Lipinski definition) is 4. The van der Waals surface area contributed by atoms with E-state index in [-0.39, 0.29) is 36.8 Å². The van der Waals surface area contributed by atoms with E-state index in [2.05, 4.69) is 10.2 Å². The molecule has 0 unspecified atom stereocenters. The number of phenols is 1. The van der Waals surface area contributed by atoms with Crippen molar-refractivity contribution in [2.24, 2.45) is 0 Å². The molecule has 130 valence electrons. The number of piperazine rings is 1. The molecule has 3 rings (SSSR count). The highest BCUT2D eigenvalue weighted by Gasteiger charge is 2.29. The molecule has 0 spiro atoms. The van der Waals surface area contributed by atoms with Crippen molar-refractivity contribution in [3.8, 4) is 5.75 Å². The zero-order valence-corrected chi connectivity index (χ0v) is 14.7. The molecule has 2 saturated heterocycles. The summed E-state index contributed by atoms with van der Waals surface area (Å²) in [6.45, 7) is 5.19. The summed E-state index contributed by atoms with van der Waals surface area (Å²) < 4.78 is 0. The third-order valence-electron chi connectivity index (χ3n) is 4.36. The van der Waals surface area contributed by atoms with Gasteiger partial charge in [0.05, 0.1) is 6.04 Å². The Morgan fingerprint density at radius 2 is 1.96 bits per heavy atom. The average Bonchev–Trinajstić information content (AvgIpc) is 3.01. The van der Waals surface area contributed by atoms with E-state index in [1.54, 1.807) is 12.1 Å². The van der Waals surface area contributed by atoms with Crippen LogP contribution in [-0.4, -0.2) is 59.6 Å². The van der Waals surface area contributed by atoms with Crippen molar-refractivity contribution in [2.75, 3.05) is 32.7 Å². The predicted molar refractivity (Wildman–Crippen MR) is 95.5 cm³/mol. The number of carbonyl (C=O) groups is 1. The highest BCUT2D eigenvalue weighted by molar-refractivity contribution is 5.85. The van der Waals surface area contributed by atoms with Crippen LogP contribution in [0.4, 0.5) is 0 Å². The van der Waals surface area contributed by atoms with Crippen molar-refractivity contribution < 1.29 is 9.90 Å². The fraction of sp³-hybridized carbons (Fsp3) is 0.562. The highest BCUT2D eigenvalue weighted by atomic mass is 35.5. The Morgan fingerprint density at radius 1 is 1.22 bits per heavy atom. The molecule has 0 saturated carbocycles. The van der Waals surface area contributed by atoms with Crippen LogP contribution in [0.1, 0.15) is 18.4 Å². The number of hydrogen-bond donors (Lipinski definition) is 2. The summed E-state index contributed by atoms with van der Waals surface area (Å²) in [5.41, 5.74) is 1.12. The fourth-order valence-electron chi connectivity index (χ4n) is 3.16. The molecule has 2 aliphatic rings. The lowest BCUT2D eigenvalue weighted by Crippen LogP contribution is -2.52. The molecule has 0 aromatic heterocycles. The number of phenolic OH excluding ortho intramolecular Hbond substituents is 1. The summed E-state index contributed by atoms with van der Waals surface area (Å²) in [5.74, 6) is 0.582. The van der Waals surface area contributed by atoms with Crippen LogP contribution >= 0.6 is 24.8 Å². The summed E-state index contributed by atoms with van der Waals surface area (Å²) in [6.07, 6.45) is 2.08. The summed E-state index contributed by atoms with van der Waals surface area (Å²) in [5, 5.41) is 12.8.